The molecule has 0 bridgehead atoms. The lowest BCUT2D eigenvalue weighted by molar-refractivity contribution is -0.138. The topological polar surface area (TPSA) is 165 Å². The molecule has 3 amide bonds. The molecule has 0 radical (unpaired) electrons. The zero-order valence-electron chi connectivity index (χ0n) is 34.5. The summed E-state index contributed by atoms with van der Waals surface area (Å²) in [6.07, 6.45) is 7.08. The van der Waals surface area contributed by atoms with Crippen molar-refractivity contribution in [2.24, 2.45) is 5.92 Å². The third-order valence-electron chi connectivity index (χ3n) is 9.85. The minimum absolute atomic E-state index is 0.000487. The Morgan fingerprint density at radius 2 is 1.55 bits per heavy atom. The number of fused-ring (bicyclic) bond motifs is 3. The molecule has 15 heteroatoms. The molecule has 2 aromatic carbocycles. The van der Waals surface area contributed by atoms with Crippen LogP contribution in [0.25, 0.3) is 53.7 Å². The van der Waals surface area contributed by atoms with E-state index in [4.69, 9.17) is 9.78 Å². The van der Waals surface area contributed by atoms with Crippen molar-refractivity contribution in [1.82, 2.24) is 40.4 Å². The summed E-state index contributed by atoms with van der Waals surface area (Å²) in [6.45, 7) is 13.1. The molecule has 58 heavy (non-hydrogen) atoms. The number of benzene rings is 2. The lowest BCUT2D eigenvalue weighted by Crippen LogP contribution is -2.50. The van der Waals surface area contributed by atoms with Crippen LogP contribution in [0, 0.1) is 5.92 Å². The van der Waals surface area contributed by atoms with Gasteiger partial charge in [0, 0.05) is 48.4 Å². The number of imidazole rings is 2. The Labute approximate surface area is 348 Å². The summed E-state index contributed by atoms with van der Waals surface area (Å²) < 4.78 is 6.42. The molecule has 8 rings (SSSR count). The van der Waals surface area contributed by atoms with Crippen molar-refractivity contribution in [2.45, 2.75) is 78.8 Å². The van der Waals surface area contributed by atoms with Crippen LogP contribution in [-0.2, 0) is 23.9 Å². The predicted molar refractivity (Wildman–Crippen MR) is 235 cm³/mol. The van der Waals surface area contributed by atoms with Gasteiger partial charge in [-0.2, -0.15) is 0 Å². The van der Waals surface area contributed by atoms with Crippen molar-refractivity contribution in [3.05, 3.63) is 59.3 Å². The quantitative estimate of drug-likeness (QED) is 0.107. The normalized spacial score (nSPS) is 15.3. The Morgan fingerprint density at radius 3 is 2.12 bits per heavy atom. The fourth-order valence-corrected chi connectivity index (χ4v) is 9.59. The highest BCUT2D eigenvalue weighted by Crippen LogP contribution is 2.45. The van der Waals surface area contributed by atoms with Crippen LogP contribution in [0.15, 0.2) is 53.5 Å². The van der Waals surface area contributed by atoms with Gasteiger partial charge in [-0.25, -0.2) is 9.97 Å². The van der Waals surface area contributed by atoms with Crippen molar-refractivity contribution in [1.29, 1.82) is 0 Å². The number of likely N-dealkylation sites (tertiary alicyclic amines) is 2. The molecular weight excluding hydrogens is 773 g/mol. The molecule has 2 atom stereocenters. The average Bonchev–Trinajstić information content (AvgIpc) is 4.06. The Hall–Kier alpha value is -5.12. The maximum absolute atomic E-state index is 13.5. The molecule has 2 fully saturated rings. The number of nitrogens with one attached hydrogen (secondary N) is 4. The summed E-state index contributed by atoms with van der Waals surface area (Å²) in [5, 5.41) is 10.2. The highest BCUT2D eigenvalue weighted by atomic mass is 32.1. The summed E-state index contributed by atoms with van der Waals surface area (Å²) >= 11 is 3.55. The first kappa shape index (κ1) is 44.0. The van der Waals surface area contributed by atoms with Gasteiger partial charge in [0.05, 0.1) is 57.5 Å². The molecule has 13 nitrogen and oxygen atoms in total. The Morgan fingerprint density at radius 1 is 0.948 bits per heavy atom. The van der Waals surface area contributed by atoms with Crippen LogP contribution in [0.1, 0.15) is 78.6 Å². The highest BCUT2D eigenvalue weighted by molar-refractivity contribution is 7.27. The molecule has 2 aliphatic heterocycles. The number of aromatic nitrogens is 4. The second kappa shape index (κ2) is 21.0. The van der Waals surface area contributed by atoms with Crippen molar-refractivity contribution in [3.63, 3.8) is 0 Å². The molecule has 6 aromatic rings. The van der Waals surface area contributed by atoms with Crippen LogP contribution in [0.5, 0.6) is 0 Å². The van der Waals surface area contributed by atoms with Gasteiger partial charge in [0.15, 0.2) is 0 Å². The van der Waals surface area contributed by atoms with Gasteiger partial charge in [-0.15, -0.1) is 22.7 Å². The lowest BCUT2D eigenvalue weighted by atomic mass is 10.0. The number of aromatic amines is 2. The lowest BCUT2D eigenvalue weighted by Gasteiger charge is -2.30. The molecule has 2 unspecified atom stereocenters. The third-order valence-corrected chi connectivity index (χ3v) is 12.0. The largest absolute Gasteiger partial charge is 0.471 e. The van der Waals surface area contributed by atoms with E-state index in [0.29, 0.717) is 19.6 Å². The van der Waals surface area contributed by atoms with Gasteiger partial charge < -0.3 is 35.1 Å². The number of hydrogen-bond donors (Lipinski definition) is 4. The number of thiophene rings is 2. The van der Waals surface area contributed by atoms with Crippen molar-refractivity contribution in [2.75, 3.05) is 40.3 Å². The van der Waals surface area contributed by atoms with E-state index in [9.17, 15) is 14.4 Å². The smallest absolute Gasteiger partial charge is 0.292 e. The van der Waals surface area contributed by atoms with E-state index >= 15 is 0 Å². The Bertz CT molecular complexity index is 2290. The number of carbonyl (C=O) groups is 4. The summed E-state index contributed by atoms with van der Waals surface area (Å²) in [6, 6.07) is 12.0. The van der Waals surface area contributed by atoms with Crippen LogP contribution in [-0.4, -0.2) is 100 Å². The first-order valence-electron chi connectivity index (χ1n) is 19.9. The Kier molecular flexibility index (Phi) is 16.0. The summed E-state index contributed by atoms with van der Waals surface area (Å²) in [5.41, 5.74) is 8.64. The van der Waals surface area contributed by atoms with Gasteiger partial charge in [0.25, 0.3) is 6.47 Å². The molecule has 0 saturated carbocycles. The number of rotatable bonds is 9. The number of nitrogens with zero attached hydrogens (tertiary/aromatic N) is 4. The van der Waals surface area contributed by atoms with Gasteiger partial charge >= 0.3 is 0 Å². The van der Waals surface area contributed by atoms with E-state index in [0.717, 1.165) is 59.4 Å². The van der Waals surface area contributed by atoms with E-state index in [1.807, 2.05) is 23.6 Å². The van der Waals surface area contributed by atoms with Crippen LogP contribution >= 0.6 is 22.7 Å². The standard InChI is InChI=1S/C31H30N6O2S2.C7H14N2O.C3H8.C2H4O2/c1-16(2)27(34-17(3)38)31(39)37-10-4-5-26(37)30-35-23-9-7-19(12-25(23)36-30)21-14-41-28-20(13-40-29(21)28)18-6-8-22-24(11-18)33-15-32-22;1-8-6-7(10)9-4-2-3-5-9;1-3-2;1-4-2-3/h6-9,11-16,26-27H,4-5,10H2,1-3H3,(H,32,33)(H,34,38)(H,35,36);8H,2-6H2,1H3;3H2,1-2H3;2H,1H3. The SMILES string of the molecule is CC(=O)NC(C(=O)N1CCCC1c1nc2ccc(-c3csc4c(-c5ccc6nc[nH]c6c5)csc34)cc2[nH]1)C(C)C.CCC.CNCC(=O)N1CCCC1.COC=O. The number of ether oxygens (including phenoxy) is 1. The first-order chi connectivity index (χ1) is 28.0. The first-order valence-corrected chi connectivity index (χ1v) is 21.7. The van der Waals surface area contributed by atoms with E-state index in [1.165, 1.54) is 59.4 Å². The van der Waals surface area contributed by atoms with E-state index < -0.39 is 6.04 Å². The number of amides is 3. The van der Waals surface area contributed by atoms with Gasteiger partial charge in [-0.3, -0.25) is 19.2 Å². The van der Waals surface area contributed by atoms with Crippen LogP contribution in [0.4, 0.5) is 0 Å². The van der Waals surface area contributed by atoms with Crippen molar-refractivity contribution >= 4 is 78.3 Å². The van der Waals surface area contributed by atoms with Crippen molar-refractivity contribution < 1.29 is 23.9 Å². The maximum atomic E-state index is 13.5. The number of carbonyl (C=O) groups excluding carboxylic acids is 4. The number of H-pyrrole nitrogens is 2. The number of hydrogen-bond acceptors (Lipinski definition) is 10. The monoisotopic (exact) mass is 828 g/mol. The van der Waals surface area contributed by atoms with Crippen LogP contribution in [0.3, 0.4) is 0 Å². The molecule has 2 saturated heterocycles. The fourth-order valence-electron chi connectivity index (χ4n) is 7.13. The minimum atomic E-state index is -0.540. The fraction of sp³-hybridized carbons (Fsp3) is 0.442. The predicted octanol–water partition coefficient (Wildman–Crippen LogP) is 7.91. The molecule has 310 valence electrons. The Balaban J connectivity index is 0.000000317. The summed E-state index contributed by atoms with van der Waals surface area (Å²) in [7, 11) is 3.11. The van der Waals surface area contributed by atoms with Crippen LogP contribution < -0.4 is 10.6 Å². The van der Waals surface area contributed by atoms with Gasteiger partial charge in [-0.1, -0.05) is 46.2 Å². The van der Waals surface area contributed by atoms with E-state index in [1.54, 1.807) is 36.0 Å². The van der Waals surface area contributed by atoms with Gasteiger partial charge in [-0.05, 0) is 74.0 Å². The molecule has 0 spiro atoms. The average molecular weight is 829 g/mol. The number of methoxy groups -OCH3 is 1. The second-order valence-corrected chi connectivity index (χ2v) is 16.5. The van der Waals surface area contributed by atoms with Crippen LogP contribution in [0.2, 0.25) is 0 Å². The second-order valence-electron chi connectivity index (χ2n) is 14.7. The number of likely N-dealkylation sites (N-methyl/N-ethyl adjacent to an activating group) is 1. The summed E-state index contributed by atoms with van der Waals surface area (Å²) in [5.74, 6) is 0.805. The molecule has 4 aromatic heterocycles. The molecule has 0 aliphatic carbocycles. The molecular formula is C43H56N8O5S2. The van der Waals surface area contributed by atoms with Gasteiger partial charge in [0.1, 0.15) is 11.9 Å². The third kappa shape index (κ3) is 10.5. The summed E-state index contributed by atoms with van der Waals surface area (Å²) in [4.78, 5) is 65.1. The van der Waals surface area contributed by atoms with E-state index in [2.05, 4.69) is 91.3 Å². The van der Waals surface area contributed by atoms with Crippen molar-refractivity contribution in [3.8, 4) is 22.3 Å². The van der Waals surface area contributed by atoms with Gasteiger partial charge in [0.2, 0.25) is 17.7 Å². The zero-order valence-corrected chi connectivity index (χ0v) is 36.1. The van der Waals surface area contributed by atoms with E-state index in [-0.39, 0.29) is 29.7 Å². The molecule has 2 aliphatic rings. The molecule has 4 N–H and O–H groups in total. The highest BCUT2D eigenvalue weighted by Gasteiger charge is 2.37. The zero-order chi connectivity index (χ0) is 41.8. The maximum Gasteiger partial charge on any atom is 0.292 e. The molecule has 6 heterocycles. The minimum Gasteiger partial charge on any atom is -0.471 e.